The van der Waals surface area contributed by atoms with Gasteiger partial charge in [-0.05, 0) is 19.1 Å². The molecule has 0 aliphatic heterocycles. The summed E-state index contributed by atoms with van der Waals surface area (Å²) in [4.78, 5) is 0. The van der Waals surface area contributed by atoms with E-state index in [0.717, 1.165) is 0 Å². The lowest BCUT2D eigenvalue weighted by molar-refractivity contribution is 0.597. The highest BCUT2D eigenvalue weighted by Gasteiger charge is 2.21. The first-order valence-corrected chi connectivity index (χ1v) is 6.26. The lowest BCUT2D eigenvalue weighted by atomic mass is 10.3. The Bertz CT molecular complexity index is 516. The van der Waals surface area contributed by atoms with Crippen molar-refractivity contribution in [2.24, 2.45) is 0 Å². The van der Waals surface area contributed by atoms with Gasteiger partial charge in [-0.3, -0.25) is 4.72 Å². The highest BCUT2D eigenvalue weighted by atomic mass is 35.5. The Labute approximate surface area is 98.9 Å². The molecule has 16 heavy (non-hydrogen) atoms. The number of nitrogens with zero attached hydrogens (tertiary/aromatic N) is 1. The van der Waals surface area contributed by atoms with Gasteiger partial charge >= 0.3 is 0 Å². The number of sulfonamides is 1. The molecule has 1 rings (SSSR count). The molecule has 0 heterocycles. The van der Waals surface area contributed by atoms with Crippen molar-refractivity contribution in [1.29, 1.82) is 5.26 Å². The Morgan fingerprint density at radius 1 is 1.56 bits per heavy atom. The topological polar surface area (TPSA) is 96.0 Å². The number of hydrogen-bond donors (Lipinski definition) is 2. The third-order valence-corrected chi connectivity index (χ3v) is 3.78. The quantitative estimate of drug-likeness (QED) is 0.806. The van der Waals surface area contributed by atoms with Gasteiger partial charge in [0.25, 0.3) is 0 Å². The average molecular weight is 260 g/mol. The Hall–Kier alpha value is -1.45. The fraction of sp³-hybridized carbons (Fsp3) is 0.222. The maximum Gasteiger partial charge on any atom is 0.248 e. The Balaban J connectivity index is 3.12. The van der Waals surface area contributed by atoms with Crippen LogP contribution in [0.15, 0.2) is 18.2 Å². The minimum absolute atomic E-state index is 0.103. The maximum absolute atomic E-state index is 11.6. The van der Waals surface area contributed by atoms with E-state index in [4.69, 9.17) is 22.6 Å². The van der Waals surface area contributed by atoms with Crippen LogP contribution >= 0.6 is 11.6 Å². The molecule has 0 amide bonds. The molecule has 3 N–H and O–H groups in total. The summed E-state index contributed by atoms with van der Waals surface area (Å²) in [6.45, 7) is 1.27. The van der Waals surface area contributed by atoms with Crippen molar-refractivity contribution < 1.29 is 8.42 Å². The number of rotatable bonds is 3. The second-order valence-electron chi connectivity index (χ2n) is 3.12. The van der Waals surface area contributed by atoms with Crippen molar-refractivity contribution in [3.05, 3.63) is 23.2 Å². The summed E-state index contributed by atoms with van der Waals surface area (Å²) in [6, 6.07) is 6.25. The normalized spacial score (nSPS) is 12.8. The summed E-state index contributed by atoms with van der Waals surface area (Å²) >= 11 is 5.79. The molecule has 0 aromatic heterocycles. The van der Waals surface area contributed by atoms with Crippen LogP contribution in [-0.2, 0) is 10.0 Å². The van der Waals surface area contributed by atoms with Gasteiger partial charge in [-0.2, -0.15) is 5.26 Å². The first-order chi connectivity index (χ1) is 7.38. The fourth-order valence-corrected chi connectivity index (χ4v) is 2.06. The number of nitrogen functional groups attached to an aromatic ring is 1. The lowest BCUT2D eigenvalue weighted by Crippen LogP contribution is -2.24. The molecule has 5 nitrogen and oxygen atoms in total. The van der Waals surface area contributed by atoms with Gasteiger partial charge in [-0.1, -0.05) is 17.7 Å². The summed E-state index contributed by atoms with van der Waals surface area (Å²) < 4.78 is 25.4. The lowest BCUT2D eigenvalue weighted by Gasteiger charge is -2.12. The molecular formula is C9H10ClN3O2S. The van der Waals surface area contributed by atoms with Crippen LogP contribution < -0.4 is 10.5 Å². The number of nitriles is 1. The Morgan fingerprint density at radius 2 is 2.19 bits per heavy atom. The van der Waals surface area contributed by atoms with E-state index in [-0.39, 0.29) is 16.4 Å². The largest absolute Gasteiger partial charge is 0.397 e. The summed E-state index contributed by atoms with van der Waals surface area (Å²) in [6.07, 6.45) is 0. The highest BCUT2D eigenvalue weighted by molar-refractivity contribution is 7.93. The number of nitrogens with one attached hydrogen (secondary N) is 1. The second kappa shape index (κ2) is 4.60. The number of halogens is 1. The van der Waals surface area contributed by atoms with Crippen molar-refractivity contribution in [1.82, 2.24) is 0 Å². The zero-order chi connectivity index (χ0) is 12.3. The zero-order valence-electron chi connectivity index (χ0n) is 8.44. The number of hydrogen-bond acceptors (Lipinski definition) is 4. The standard InChI is InChI=1S/C9H10ClN3O2S/c1-6(5-11)16(14,15)13-9-7(10)3-2-4-8(9)12/h2-4,6,13H,12H2,1H3. The van der Waals surface area contributed by atoms with Crippen molar-refractivity contribution in [2.75, 3.05) is 10.5 Å². The van der Waals surface area contributed by atoms with Crippen LogP contribution in [0.2, 0.25) is 5.02 Å². The van der Waals surface area contributed by atoms with Gasteiger partial charge in [0.15, 0.2) is 5.25 Å². The van der Waals surface area contributed by atoms with Gasteiger partial charge in [-0.15, -0.1) is 0 Å². The van der Waals surface area contributed by atoms with Gasteiger partial charge in [0.2, 0.25) is 10.0 Å². The van der Waals surface area contributed by atoms with Crippen LogP contribution in [0.1, 0.15) is 6.92 Å². The Morgan fingerprint density at radius 3 is 2.69 bits per heavy atom. The van der Waals surface area contributed by atoms with Crippen LogP contribution in [0.4, 0.5) is 11.4 Å². The smallest absolute Gasteiger partial charge is 0.248 e. The molecule has 0 aliphatic carbocycles. The van der Waals surface area contributed by atoms with Crippen LogP contribution in [-0.4, -0.2) is 13.7 Å². The van der Waals surface area contributed by atoms with E-state index in [2.05, 4.69) is 4.72 Å². The molecule has 0 fully saturated rings. The van der Waals surface area contributed by atoms with Crippen LogP contribution in [0, 0.1) is 11.3 Å². The summed E-state index contributed by atoms with van der Waals surface area (Å²) in [7, 11) is -3.78. The van der Waals surface area contributed by atoms with Crippen LogP contribution in [0.3, 0.4) is 0 Å². The van der Waals surface area contributed by atoms with E-state index in [1.807, 2.05) is 0 Å². The minimum atomic E-state index is -3.78. The molecule has 0 saturated heterocycles. The molecule has 7 heteroatoms. The SMILES string of the molecule is CC(C#N)S(=O)(=O)Nc1c(N)cccc1Cl. The molecule has 0 saturated carbocycles. The van der Waals surface area contributed by atoms with E-state index >= 15 is 0 Å². The predicted octanol–water partition coefficient (Wildman–Crippen LogP) is 1.58. The van der Waals surface area contributed by atoms with Gasteiger partial charge in [0, 0.05) is 0 Å². The van der Waals surface area contributed by atoms with Crippen molar-refractivity contribution in [3.8, 4) is 6.07 Å². The number of para-hydroxylation sites is 1. The van der Waals surface area contributed by atoms with Crippen molar-refractivity contribution in [2.45, 2.75) is 12.2 Å². The highest BCUT2D eigenvalue weighted by Crippen LogP contribution is 2.29. The fourth-order valence-electron chi connectivity index (χ4n) is 0.949. The second-order valence-corrected chi connectivity index (χ2v) is 5.53. The maximum atomic E-state index is 11.6. The van der Waals surface area contributed by atoms with E-state index < -0.39 is 15.3 Å². The summed E-state index contributed by atoms with van der Waals surface area (Å²) in [5.41, 5.74) is 5.89. The number of nitrogens with two attached hydrogens (primary N) is 1. The van der Waals surface area contributed by atoms with E-state index in [0.29, 0.717) is 0 Å². The summed E-state index contributed by atoms with van der Waals surface area (Å²) in [5, 5.41) is 7.56. The minimum Gasteiger partial charge on any atom is -0.397 e. The molecule has 1 aromatic rings. The molecule has 1 unspecified atom stereocenters. The third kappa shape index (κ3) is 2.56. The molecule has 0 radical (unpaired) electrons. The van der Waals surface area contributed by atoms with E-state index in [1.54, 1.807) is 12.1 Å². The van der Waals surface area contributed by atoms with E-state index in [1.165, 1.54) is 19.1 Å². The van der Waals surface area contributed by atoms with Gasteiger partial charge in [0.1, 0.15) is 0 Å². The van der Waals surface area contributed by atoms with Gasteiger partial charge in [0.05, 0.1) is 22.5 Å². The molecule has 86 valence electrons. The van der Waals surface area contributed by atoms with Gasteiger partial charge in [-0.25, -0.2) is 8.42 Å². The molecule has 0 aliphatic rings. The monoisotopic (exact) mass is 259 g/mol. The number of benzene rings is 1. The molecule has 0 spiro atoms. The zero-order valence-corrected chi connectivity index (χ0v) is 10.0. The number of anilines is 2. The van der Waals surface area contributed by atoms with E-state index in [9.17, 15) is 8.42 Å². The Kier molecular flexibility index (Phi) is 3.62. The first-order valence-electron chi connectivity index (χ1n) is 4.33. The van der Waals surface area contributed by atoms with Crippen LogP contribution in [0.5, 0.6) is 0 Å². The molecule has 0 bridgehead atoms. The first kappa shape index (κ1) is 12.6. The average Bonchev–Trinajstić information content (AvgIpc) is 2.22. The van der Waals surface area contributed by atoms with Gasteiger partial charge < -0.3 is 5.73 Å². The molecular weight excluding hydrogens is 250 g/mol. The predicted molar refractivity (Wildman–Crippen MR) is 63.5 cm³/mol. The third-order valence-electron chi connectivity index (χ3n) is 1.94. The van der Waals surface area contributed by atoms with Crippen molar-refractivity contribution >= 4 is 33.0 Å². The molecule has 1 atom stereocenters. The summed E-state index contributed by atoms with van der Waals surface area (Å²) in [5.74, 6) is 0. The van der Waals surface area contributed by atoms with Crippen molar-refractivity contribution in [3.63, 3.8) is 0 Å². The molecule has 1 aromatic carbocycles. The van der Waals surface area contributed by atoms with Crippen LogP contribution in [0.25, 0.3) is 0 Å².